The third-order valence-corrected chi connectivity index (χ3v) is 11.1. The van der Waals surface area contributed by atoms with Crippen molar-refractivity contribution in [3.8, 4) is 0 Å². The Morgan fingerprint density at radius 3 is 2.52 bits per heavy atom. The zero-order valence-corrected chi connectivity index (χ0v) is 21.3. The van der Waals surface area contributed by atoms with E-state index in [1.807, 2.05) is 13.8 Å². The fraction of sp³-hybridized carbons (Fsp3) is 0.931. The van der Waals surface area contributed by atoms with Gasteiger partial charge in [-0.2, -0.15) is 0 Å². The van der Waals surface area contributed by atoms with Crippen molar-refractivity contribution in [2.75, 3.05) is 0 Å². The first-order chi connectivity index (χ1) is 14.4. The second kappa shape index (κ2) is 8.15. The zero-order chi connectivity index (χ0) is 22.7. The maximum atomic E-state index is 10.7. The summed E-state index contributed by atoms with van der Waals surface area (Å²) >= 11 is 0. The van der Waals surface area contributed by atoms with Crippen molar-refractivity contribution in [3.05, 3.63) is 11.6 Å². The lowest BCUT2D eigenvalue weighted by Gasteiger charge is -2.59. The van der Waals surface area contributed by atoms with Crippen LogP contribution < -0.4 is 0 Å². The van der Waals surface area contributed by atoms with Gasteiger partial charge in [0.1, 0.15) is 0 Å². The molecule has 0 amide bonds. The summed E-state index contributed by atoms with van der Waals surface area (Å²) in [5, 5.41) is 21.4. The highest BCUT2D eigenvalue weighted by atomic mass is 16.3. The van der Waals surface area contributed by atoms with Gasteiger partial charge in [-0.15, -0.1) is 0 Å². The summed E-state index contributed by atoms with van der Waals surface area (Å²) < 4.78 is 0. The van der Waals surface area contributed by atoms with Crippen LogP contribution in [0.3, 0.4) is 0 Å². The topological polar surface area (TPSA) is 40.5 Å². The van der Waals surface area contributed by atoms with Crippen LogP contribution in [0, 0.1) is 40.4 Å². The van der Waals surface area contributed by atoms with Gasteiger partial charge in [0.15, 0.2) is 0 Å². The molecule has 0 aromatic heterocycles. The highest BCUT2D eigenvalue weighted by Crippen LogP contribution is 2.67. The molecular weight excluding hydrogens is 380 g/mol. The highest BCUT2D eigenvalue weighted by molar-refractivity contribution is 5.26. The molecule has 0 radical (unpaired) electrons. The minimum Gasteiger partial charge on any atom is -0.390 e. The van der Waals surface area contributed by atoms with Crippen molar-refractivity contribution >= 4 is 0 Å². The Morgan fingerprint density at radius 2 is 1.81 bits per heavy atom. The molecule has 0 saturated heterocycles. The molecule has 3 saturated carbocycles. The number of rotatable bonds is 6. The standard InChI is InChI=1S/C29H50O2/c1-7-14-26(3,30)15-12-20(2)23-10-11-24-22-9-8-21-19-27(4,31)17-18-28(21,5)25(22)13-16-29(23,24)6/h8,20,22-25,30-31H,7,9-19H2,1-6H3/t20-,22+,23?,24+,25+,26-,27+,28+,29-/m1/s1. The van der Waals surface area contributed by atoms with Crippen LogP contribution in [0.2, 0.25) is 0 Å². The second-order valence-electron chi connectivity index (χ2n) is 13.4. The summed E-state index contributed by atoms with van der Waals surface area (Å²) in [7, 11) is 0. The number of hydrogen-bond donors (Lipinski definition) is 2. The summed E-state index contributed by atoms with van der Waals surface area (Å²) in [4.78, 5) is 0. The van der Waals surface area contributed by atoms with Gasteiger partial charge >= 0.3 is 0 Å². The molecule has 0 aliphatic heterocycles. The lowest BCUT2D eigenvalue weighted by Crippen LogP contribution is -2.52. The molecule has 0 heterocycles. The molecule has 31 heavy (non-hydrogen) atoms. The lowest BCUT2D eigenvalue weighted by atomic mass is 9.46. The largest absolute Gasteiger partial charge is 0.390 e. The van der Waals surface area contributed by atoms with Crippen molar-refractivity contribution < 1.29 is 10.2 Å². The van der Waals surface area contributed by atoms with E-state index in [2.05, 4.69) is 33.8 Å². The SMILES string of the molecule is CCC[C@@](C)(O)CC[C@@H](C)C1CC[C@H]2[C@@H]3CC=C4C[C@@](C)(O)CC[C@]4(C)[C@H]3CC[C@]12C. The van der Waals surface area contributed by atoms with Gasteiger partial charge in [-0.3, -0.25) is 0 Å². The monoisotopic (exact) mass is 430 g/mol. The number of hydrogen-bond acceptors (Lipinski definition) is 2. The predicted molar refractivity (Wildman–Crippen MR) is 130 cm³/mol. The van der Waals surface area contributed by atoms with Crippen molar-refractivity contribution in [3.63, 3.8) is 0 Å². The van der Waals surface area contributed by atoms with Crippen LogP contribution in [-0.4, -0.2) is 21.4 Å². The third-order valence-electron chi connectivity index (χ3n) is 11.1. The van der Waals surface area contributed by atoms with Crippen molar-refractivity contribution in [1.82, 2.24) is 0 Å². The molecule has 178 valence electrons. The van der Waals surface area contributed by atoms with Gasteiger partial charge in [0.25, 0.3) is 0 Å². The highest BCUT2D eigenvalue weighted by Gasteiger charge is 2.59. The van der Waals surface area contributed by atoms with E-state index in [9.17, 15) is 10.2 Å². The molecule has 4 aliphatic carbocycles. The zero-order valence-electron chi connectivity index (χ0n) is 21.3. The van der Waals surface area contributed by atoms with Gasteiger partial charge < -0.3 is 10.2 Å². The summed E-state index contributed by atoms with van der Waals surface area (Å²) in [6.45, 7) is 13.9. The minimum absolute atomic E-state index is 0.328. The Balaban J connectivity index is 1.48. The van der Waals surface area contributed by atoms with Crippen LogP contribution in [0.4, 0.5) is 0 Å². The fourth-order valence-electron chi connectivity index (χ4n) is 9.18. The third kappa shape index (κ3) is 4.18. The van der Waals surface area contributed by atoms with Gasteiger partial charge in [0.2, 0.25) is 0 Å². The van der Waals surface area contributed by atoms with Gasteiger partial charge in [0.05, 0.1) is 11.2 Å². The van der Waals surface area contributed by atoms with Crippen LogP contribution in [-0.2, 0) is 0 Å². The first-order valence-electron chi connectivity index (χ1n) is 13.6. The number of allylic oxidation sites excluding steroid dienone is 1. The molecule has 0 aromatic carbocycles. The molecule has 4 rings (SSSR count). The van der Waals surface area contributed by atoms with Crippen LogP contribution in [0.1, 0.15) is 119 Å². The molecule has 3 fully saturated rings. The second-order valence-corrected chi connectivity index (χ2v) is 13.4. The number of fused-ring (bicyclic) bond motifs is 5. The van der Waals surface area contributed by atoms with Gasteiger partial charge in [-0.1, -0.05) is 45.8 Å². The van der Waals surface area contributed by atoms with E-state index >= 15 is 0 Å². The lowest BCUT2D eigenvalue weighted by molar-refractivity contribution is -0.0715. The maximum Gasteiger partial charge on any atom is 0.0657 e. The van der Waals surface area contributed by atoms with Crippen LogP contribution in [0.25, 0.3) is 0 Å². The van der Waals surface area contributed by atoms with Gasteiger partial charge in [0, 0.05) is 0 Å². The Morgan fingerprint density at radius 1 is 1.06 bits per heavy atom. The molecule has 0 aromatic rings. The predicted octanol–water partition coefficient (Wildman–Crippen LogP) is 7.28. The average molecular weight is 431 g/mol. The maximum absolute atomic E-state index is 10.7. The van der Waals surface area contributed by atoms with E-state index in [0.717, 1.165) is 55.8 Å². The van der Waals surface area contributed by atoms with E-state index in [-0.39, 0.29) is 0 Å². The first-order valence-corrected chi connectivity index (χ1v) is 13.6. The molecule has 9 atom stereocenters. The fourth-order valence-corrected chi connectivity index (χ4v) is 9.18. The summed E-state index contributed by atoms with van der Waals surface area (Å²) in [5.41, 5.74) is 1.41. The van der Waals surface area contributed by atoms with E-state index < -0.39 is 11.2 Å². The van der Waals surface area contributed by atoms with Crippen molar-refractivity contribution in [2.45, 2.75) is 130 Å². The van der Waals surface area contributed by atoms with E-state index in [0.29, 0.717) is 16.7 Å². The molecule has 0 spiro atoms. The van der Waals surface area contributed by atoms with Crippen molar-refractivity contribution in [2.24, 2.45) is 40.4 Å². The average Bonchev–Trinajstić information content (AvgIpc) is 3.04. The van der Waals surface area contributed by atoms with Gasteiger partial charge in [-0.05, 0) is 125 Å². The van der Waals surface area contributed by atoms with E-state index in [1.54, 1.807) is 5.57 Å². The molecule has 2 heteroatoms. The van der Waals surface area contributed by atoms with E-state index in [4.69, 9.17) is 0 Å². The molecule has 2 nitrogen and oxygen atoms in total. The molecule has 4 aliphatic rings. The summed E-state index contributed by atoms with van der Waals surface area (Å²) in [6, 6.07) is 0. The molecule has 1 unspecified atom stereocenters. The normalized spacial score (nSPS) is 47.5. The smallest absolute Gasteiger partial charge is 0.0657 e. The molecule has 2 N–H and O–H groups in total. The first kappa shape index (κ1) is 23.8. The minimum atomic E-state index is -0.492. The molecule has 0 bridgehead atoms. The Labute approximate surface area is 192 Å². The quantitative estimate of drug-likeness (QED) is 0.434. The van der Waals surface area contributed by atoms with E-state index in [1.165, 1.54) is 44.9 Å². The Bertz CT molecular complexity index is 691. The van der Waals surface area contributed by atoms with Crippen LogP contribution in [0.15, 0.2) is 11.6 Å². The number of aliphatic hydroxyl groups is 2. The van der Waals surface area contributed by atoms with Crippen molar-refractivity contribution in [1.29, 1.82) is 0 Å². The van der Waals surface area contributed by atoms with Crippen LogP contribution >= 0.6 is 0 Å². The Kier molecular flexibility index (Phi) is 6.26. The van der Waals surface area contributed by atoms with Crippen LogP contribution in [0.5, 0.6) is 0 Å². The van der Waals surface area contributed by atoms with Gasteiger partial charge in [-0.25, -0.2) is 0 Å². The summed E-state index contributed by atoms with van der Waals surface area (Å²) in [5.74, 6) is 4.06. The summed E-state index contributed by atoms with van der Waals surface area (Å²) in [6.07, 6.45) is 16.5. The Hall–Kier alpha value is -0.340. The molecular formula is C29H50O2.